The molecule has 0 aliphatic rings. The highest BCUT2D eigenvalue weighted by Gasteiger charge is 2.11. The Bertz CT molecular complexity index is 517. The summed E-state index contributed by atoms with van der Waals surface area (Å²) in [6, 6.07) is 12.8. The first-order chi connectivity index (χ1) is 8.27. The van der Waals surface area contributed by atoms with Gasteiger partial charge in [0, 0.05) is 6.20 Å². The Morgan fingerprint density at radius 3 is 2.56 bits per heavy atom. The van der Waals surface area contributed by atoms with E-state index in [9.17, 15) is 4.79 Å². The zero-order valence-electron chi connectivity index (χ0n) is 9.45. The zero-order chi connectivity index (χ0) is 12.1. The molecule has 0 saturated heterocycles. The summed E-state index contributed by atoms with van der Waals surface area (Å²) in [5.74, 6) is -0.808. The van der Waals surface area contributed by atoms with E-state index in [1.807, 2.05) is 30.3 Å². The normalized spacial score (nSPS) is 9.33. The molecule has 2 rings (SSSR count). The van der Waals surface area contributed by atoms with E-state index in [1.54, 1.807) is 12.1 Å². The molecule has 0 atom stereocenters. The van der Waals surface area contributed by atoms with Crippen LogP contribution in [-0.4, -0.2) is 16.1 Å². The van der Waals surface area contributed by atoms with Gasteiger partial charge >= 0.3 is 5.97 Å². The largest absolute Gasteiger partial charge is 0.486 e. The summed E-state index contributed by atoms with van der Waals surface area (Å²) in [6.45, 7) is 0.326. The Kier molecular flexibility index (Phi) is 5.14. The van der Waals surface area contributed by atoms with E-state index in [-0.39, 0.29) is 23.9 Å². The van der Waals surface area contributed by atoms with E-state index in [0.29, 0.717) is 6.61 Å². The van der Waals surface area contributed by atoms with Crippen LogP contribution in [0.15, 0.2) is 48.7 Å². The molecule has 1 heterocycles. The molecule has 18 heavy (non-hydrogen) atoms. The lowest BCUT2D eigenvalue weighted by molar-refractivity contribution is 0.0685. The Balaban J connectivity index is 0.00000162. The summed E-state index contributed by atoms with van der Waals surface area (Å²) in [7, 11) is 0. The molecule has 1 aromatic heterocycles. The molecule has 0 bridgehead atoms. The van der Waals surface area contributed by atoms with Crippen molar-refractivity contribution in [2.75, 3.05) is 0 Å². The fraction of sp³-hybridized carbons (Fsp3) is 0.0769. The second-order valence-corrected chi connectivity index (χ2v) is 3.43. The number of aromatic nitrogens is 1. The van der Waals surface area contributed by atoms with Gasteiger partial charge in [-0.3, -0.25) is 0 Å². The van der Waals surface area contributed by atoms with Gasteiger partial charge in [-0.25, -0.2) is 9.78 Å². The van der Waals surface area contributed by atoms with Crippen molar-refractivity contribution < 1.29 is 14.6 Å². The first-order valence-electron chi connectivity index (χ1n) is 5.12. The van der Waals surface area contributed by atoms with E-state index in [0.717, 1.165) is 5.56 Å². The average molecular weight is 266 g/mol. The first kappa shape index (κ1) is 14.0. The lowest BCUT2D eigenvalue weighted by Crippen LogP contribution is -2.05. The summed E-state index contributed by atoms with van der Waals surface area (Å²) in [5, 5.41) is 8.92. The van der Waals surface area contributed by atoms with Gasteiger partial charge in [-0.1, -0.05) is 30.3 Å². The van der Waals surface area contributed by atoms with Crippen LogP contribution >= 0.6 is 12.4 Å². The number of halogens is 1. The van der Waals surface area contributed by atoms with Crippen LogP contribution in [0.2, 0.25) is 0 Å². The molecule has 4 nitrogen and oxygen atoms in total. The van der Waals surface area contributed by atoms with Crippen molar-refractivity contribution in [1.29, 1.82) is 0 Å². The van der Waals surface area contributed by atoms with Crippen LogP contribution in [0.3, 0.4) is 0 Å². The Hall–Kier alpha value is -2.07. The van der Waals surface area contributed by atoms with E-state index < -0.39 is 5.97 Å². The van der Waals surface area contributed by atoms with Crippen molar-refractivity contribution in [2.24, 2.45) is 0 Å². The molecule has 0 fully saturated rings. The summed E-state index contributed by atoms with van der Waals surface area (Å²) in [6.07, 6.45) is 1.43. The van der Waals surface area contributed by atoms with Gasteiger partial charge in [-0.15, -0.1) is 12.4 Å². The van der Waals surface area contributed by atoms with E-state index in [4.69, 9.17) is 9.84 Å². The van der Waals surface area contributed by atoms with E-state index in [1.165, 1.54) is 6.20 Å². The Morgan fingerprint density at radius 1 is 1.17 bits per heavy atom. The maximum atomic E-state index is 10.9. The van der Waals surface area contributed by atoms with Crippen molar-refractivity contribution in [2.45, 2.75) is 6.61 Å². The number of hydrogen-bond donors (Lipinski definition) is 1. The van der Waals surface area contributed by atoms with Gasteiger partial charge in [0.05, 0.1) is 0 Å². The molecule has 1 aromatic carbocycles. The van der Waals surface area contributed by atoms with Crippen LogP contribution < -0.4 is 4.74 Å². The van der Waals surface area contributed by atoms with Gasteiger partial charge in [0.1, 0.15) is 6.61 Å². The van der Waals surface area contributed by atoms with Gasteiger partial charge in [-0.05, 0) is 17.7 Å². The number of rotatable bonds is 4. The topological polar surface area (TPSA) is 59.4 Å². The minimum Gasteiger partial charge on any atom is -0.486 e. The third-order valence-electron chi connectivity index (χ3n) is 2.21. The van der Waals surface area contributed by atoms with Gasteiger partial charge in [0.25, 0.3) is 0 Å². The van der Waals surface area contributed by atoms with E-state index in [2.05, 4.69) is 4.98 Å². The molecular formula is C13H12ClNO3. The molecule has 1 N–H and O–H groups in total. The second kappa shape index (κ2) is 6.61. The minimum atomic E-state index is -1.09. The van der Waals surface area contributed by atoms with Crippen molar-refractivity contribution in [3.63, 3.8) is 0 Å². The highest BCUT2D eigenvalue weighted by molar-refractivity contribution is 5.88. The SMILES string of the molecule is Cl.O=C(O)c1ncccc1OCc1ccccc1. The molecule has 94 valence electrons. The van der Waals surface area contributed by atoms with Crippen LogP contribution in [0.1, 0.15) is 16.1 Å². The molecule has 0 spiro atoms. The lowest BCUT2D eigenvalue weighted by atomic mass is 10.2. The van der Waals surface area contributed by atoms with Crippen LogP contribution in [0.4, 0.5) is 0 Å². The highest BCUT2D eigenvalue weighted by atomic mass is 35.5. The predicted octanol–water partition coefficient (Wildman–Crippen LogP) is 2.78. The van der Waals surface area contributed by atoms with Crippen LogP contribution in [0, 0.1) is 0 Å². The lowest BCUT2D eigenvalue weighted by Gasteiger charge is -2.07. The molecule has 0 radical (unpaired) electrons. The fourth-order valence-corrected chi connectivity index (χ4v) is 1.40. The Labute approximate surface area is 111 Å². The summed E-state index contributed by atoms with van der Waals surface area (Å²) >= 11 is 0. The third-order valence-corrected chi connectivity index (χ3v) is 2.21. The maximum Gasteiger partial charge on any atom is 0.358 e. The number of ether oxygens (including phenoxy) is 1. The standard InChI is InChI=1S/C13H11NO3.ClH/c15-13(16)12-11(7-4-8-14-12)17-9-10-5-2-1-3-6-10;/h1-8H,9H2,(H,15,16);1H. The number of benzene rings is 1. The smallest absolute Gasteiger partial charge is 0.358 e. The minimum absolute atomic E-state index is 0. The third kappa shape index (κ3) is 3.46. The molecule has 5 heteroatoms. The monoisotopic (exact) mass is 265 g/mol. The van der Waals surface area contributed by atoms with Gasteiger partial charge < -0.3 is 9.84 Å². The number of aromatic carboxylic acids is 1. The molecule has 0 aliphatic carbocycles. The van der Waals surface area contributed by atoms with Gasteiger partial charge in [0.2, 0.25) is 0 Å². The molecular weight excluding hydrogens is 254 g/mol. The molecule has 0 saturated carbocycles. The van der Waals surface area contributed by atoms with Gasteiger partial charge in [0.15, 0.2) is 11.4 Å². The van der Waals surface area contributed by atoms with Crippen LogP contribution in [0.5, 0.6) is 5.75 Å². The van der Waals surface area contributed by atoms with Crippen molar-refractivity contribution in [3.8, 4) is 5.75 Å². The summed E-state index contributed by atoms with van der Waals surface area (Å²) < 4.78 is 5.44. The Morgan fingerprint density at radius 2 is 1.89 bits per heavy atom. The molecule has 2 aromatic rings. The summed E-state index contributed by atoms with van der Waals surface area (Å²) in [4.78, 5) is 14.7. The van der Waals surface area contributed by atoms with Gasteiger partial charge in [-0.2, -0.15) is 0 Å². The van der Waals surface area contributed by atoms with Crippen LogP contribution in [0.25, 0.3) is 0 Å². The van der Waals surface area contributed by atoms with Crippen molar-refractivity contribution in [1.82, 2.24) is 4.98 Å². The fourth-order valence-electron chi connectivity index (χ4n) is 1.40. The summed E-state index contributed by atoms with van der Waals surface area (Å²) in [5.41, 5.74) is 0.913. The average Bonchev–Trinajstić information content (AvgIpc) is 2.38. The number of nitrogens with zero attached hydrogens (tertiary/aromatic N) is 1. The predicted molar refractivity (Wildman–Crippen MR) is 69.2 cm³/mol. The maximum absolute atomic E-state index is 10.9. The van der Waals surface area contributed by atoms with E-state index >= 15 is 0 Å². The number of hydrogen-bond acceptors (Lipinski definition) is 3. The highest BCUT2D eigenvalue weighted by Crippen LogP contribution is 2.16. The number of carboxylic acids is 1. The number of pyridine rings is 1. The molecule has 0 aliphatic heterocycles. The van der Waals surface area contributed by atoms with Crippen molar-refractivity contribution >= 4 is 18.4 Å². The quantitative estimate of drug-likeness (QED) is 0.923. The van der Waals surface area contributed by atoms with Crippen molar-refractivity contribution in [3.05, 3.63) is 59.9 Å². The molecule has 0 unspecified atom stereocenters. The first-order valence-corrected chi connectivity index (χ1v) is 5.12. The number of carboxylic acid groups (broad SMARTS) is 1. The van der Waals surface area contributed by atoms with Crippen LogP contribution in [-0.2, 0) is 6.61 Å². The zero-order valence-corrected chi connectivity index (χ0v) is 10.3. The second-order valence-electron chi connectivity index (χ2n) is 3.43. The number of carbonyl (C=O) groups is 1. The molecule has 0 amide bonds.